The van der Waals surface area contributed by atoms with Crippen LogP contribution in [-0.2, 0) is 20.9 Å². The van der Waals surface area contributed by atoms with E-state index in [1.165, 1.54) is 0 Å². The highest BCUT2D eigenvalue weighted by Crippen LogP contribution is 2.24. The Morgan fingerprint density at radius 1 is 1.27 bits per heavy atom. The Bertz CT molecular complexity index is 622. The molecule has 2 amide bonds. The lowest BCUT2D eigenvalue weighted by Gasteiger charge is -2.23. The maximum absolute atomic E-state index is 12.3. The van der Waals surface area contributed by atoms with Crippen LogP contribution in [0.1, 0.15) is 36.8 Å². The highest BCUT2D eigenvalue weighted by Gasteiger charge is 2.39. The first-order valence-electron chi connectivity index (χ1n) is 7.74. The third-order valence-corrected chi connectivity index (χ3v) is 4.20. The Hall–Kier alpha value is -2.17. The molecule has 3 rings (SSSR count). The van der Waals surface area contributed by atoms with E-state index in [0.717, 1.165) is 24.0 Å². The minimum Gasteiger partial charge on any atom is -0.347 e. The number of hydrogen-bond donors (Lipinski definition) is 1. The Balaban J connectivity index is 1.71. The molecule has 0 radical (unpaired) electrons. The summed E-state index contributed by atoms with van der Waals surface area (Å²) in [4.78, 5) is 37.9. The molecule has 0 aromatic heterocycles. The molecule has 5 nitrogen and oxygen atoms in total. The molecule has 1 N–H and O–H groups in total. The van der Waals surface area contributed by atoms with Crippen LogP contribution in [0.2, 0.25) is 0 Å². The fraction of sp³-hybridized carbons (Fsp3) is 0.471. The van der Waals surface area contributed by atoms with Crippen LogP contribution in [-0.4, -0.2) is 34.6 Å². The number of nitrogens with zero attached hydrogens (tertiary/aromatic N) is 1. The Kier molecular flexibility index (Phi) is 3.96. The van der Waals surface area contributed by atoms with Crippen LogP contribution >= 0.6 is 0 Å². The van der Waals surface area contributed by atoms with Crippen LogP contribution in [0.5, 0.6) is 0 Å². The van der Waals surface area contributed by atoms with Crippen molar-refractivity contribution in [2.45, 2.75) is 51.2 Å². The smallest absolute Gasteiger partial charge is 0.289 e. The normalized spacial score (nSPS) is 21.0. The van der Waals surface area contributed by atoms with Crippen molar-refractivity contribution < 1.29 is 14.4 Å². The van der Waals surface area contributed by atoms with E-state index in [-0.39, 0.29) is 11.9 Å². The first kappa shape index (κ1) is 14.8. The minimum absolute atomic E-state index is 0.0564. The number of carbonyl (C=O) groups excluding carboxylic acids is 3. The molecule has 0 bridgehead atoms. The maximum atomic E-state index is 12.3. The molecule has 1 heterocycles. The number of carbonyl (C=O) groups is 3. The Labute approximate surface area is 129 Å². The van der Waals surface area contributed by atoms with Crippen molar-refractivity contribution in [2.75, 3.05) is 0 Å². The van der Waals surface area contributed by atoms with Gasteiger partial charge in [0.2, 0.25) is 11.7 Å². The van der Waals surface area contributed by atoms with Gasteiger partial charge in [0.25, 0.3) is 5.91 Å². The summed E-state index contributed by atoms with van der Waals surface area (Å²) in [6.07, 6.45) is 2.64. The molecule has 116 valence electrons. The van der Waals surface area contributed by atoms with Crippen molar-refractivity contribution in [1.29, 1.82) is 0 Å². The topological polar surface area (TPSA) is 66.5 Å². The molecule has 1 atom stereocenters. The molecule has 1 aromatic rings. The van der Waals surface area contributed by atoms with E-state index in [9.17, 15) is 14.4 Å². The monoisotopic (exact) mass is 300 g/mol. The van der Waals surface area contributed by atoms with E-state index in [2.05, 4.69) is 5.32 Å². The lowest BCUT2D eigenvalue weighted by Crippen LogP contribution is -2.45. The van der Waals surface area contributed by atoms with Gasteiger partial charge in [-0.15, -0.1) is 0 Å². The molecular formula is C17H20N2O3. The van der Waals surface area contributed by atoms with Crippen LogP contribution in [0.3, 0.4) is 0 Å². The zero-order valence-corrected chi connectivity index (χ0v) is 12.7. The van der Waals surface area contributed by atoms with E-state index in [0.29, 0.717) is 19.4 Å². The molecule has 0 spiro atoms. The van der Waals surface area contributed by atoms with Crippen molar-refractivity contribution in [1.82, 2.24) is 10.2 Å². The number of hydrogen-bond acceptors (Lipinski definition) is 3. The predicted octanol–water partition coefficient (Wildman–Crippen LogP) is 1.33. The molecule has 1 aliphatic heterocycles. The van der Waals surface area contributed by atoms with Gasteiger partial charge in [-0.2, -0.15) is 0 Å². The maximum Gasteiger partial charge on any atom is 0.289 e. The Morgan fingerprint density at radius 3 is 2.73 bits per heavy atom. The second kappa shape index (κ2) is 5.91. The van der Waals surface area contributed by atoms with Gasteiger partial charge in [0, 0.05) is 19.0 Å². The first-order valence-corrected chi connectivity index (χ1v) is 7.74. The number of amides is 2. The lowest BCUT2D eigenvalue weighted by atomic mass is 10.1. The SMILES string of the molecule is Cc1cccc(CN2C(=O)CCC2C(=O)C(=O)NC2CC2)c1. The first-order chi connectivity index (χ1) is 10.5. The number of benzene rings is 1. The van der Waals surface area contributed by atoms with Gasteiger partial charge in [-0.1, -0.05) is 29.8 Å². The summed E-state index contributed by atoms with van der Waals surface area (Å²) in [7, 11) is 0. The summed E-state index contributed by atoms with van der Waals surface area (Å²) in [6.45, 7) is 2.37. The van der Waals surface area contributed by atoms with Crippen LogP contribution in [0.25, 0.3) is 0 Å². The van der Waals surface area contributed by atoms with Crippen molar-refractivity contribution in [3.63, 3.8) is 0 Å². The van der Waals surface area contributed by atoms with Crippen LogP contribution in [0, 0.1) is 6.92 Å². The minimum atomic E-state index is -0.619. The van der Waals surface area contributed by atoms with Gasteiger partial charge in [-0.25, -0.2) is 0 Å². The summed E-state index contributed by atoms with van der Waals surface area (Å²) in [5.74, 6) is -1.08. The van der Waals surface area contributed by atoms with Gasteiger partial charge in [0.15, 0.2) is 0 Å². The fourth-order valence-corrected chi connectivity index (χ4v) is 2.85. The fourth-order valence-electron chi connectivity index (χ4n) is 2.85. The number of rotatable bonds is 5. The van der Waals surface area contributed by atoms with Crippen molar-refractivity contribution >= 4 is 17.6 Å². The molecule has 2 fully saturated rings. The standard InChI is InChI=1S/C17H20N2O3/c1-11-3-2-4-12(9-11)10-19-14(7-8-15(19)20)16(21)17(22)18-13-5-6-13/h2-4,9,13-14H,5-8,10H2,1H3,(H,18,22). The highest BCUT2D eigenvalue weighted by molar-refractivity contribution is 6.38. The van der Waals surface area contributed by atoms with Crippen molar-refractivity contribution in [3.8, 4) is 0 Å². The van der Waals surface area contributed by atoms with E-state index < -0.39 is 17.7 Å². The molecule has 1 saturated heterocycles. The molecule has 1 aromatic carbocycles. The van der Waals surface area contributed by atoms with Crippen molar-refractivity contribution in [3.05, 3.63) is 35.4 Å². The zero-order chi connectivity index (χ0) is 15.7. The molecular weight excluding hydrogens is 280 g/mol. The number of ketones is 1. The van der Waals surface area contributed by atoms with Gasteiger partial charge >= 0.3 is 0 Å². The molecule has 2 aliphatic rings. The number of Topliss-reactive ketones (excluding diaryl/α,β-unsaturated/α-hetero) is 1. The van der Waals surface area contributed by atoms with E-state index in [1.807, 2.05) is 31.2 Å². The van der Waals surface area contributed by atoms with Gasteiger partial charge in [-0.05, 0) is 31.7 Å². The predicted molar refractivity (Wildman–Crippen MR) is 80.9 cm³/mol. The second-order valence-corrected chi connectivity index (χ2v) is 6.18. The van der Waals surface area contributed by atoms with Crippen LogP contribution < -0.4 is 5.32 Å². The van der Waals surface area contributed by atoms with Crippen molar-refractivity contribution in [2.24, 2.45) is 0 Å². The third-order valence-electron chi connectivity index (χ3n) is 4.20. The Morgan fingerprint density at radius 2 is 2.05 bits per heavy atom. The summed E-state index contributed by atoms with van der Waals surface area (Å²) < 4.78 is 0. The summed E-state index contributed by atoms with van der Waals surface area (Å²) >= 11 is 0. The average molecular weight is 300 g/mol. The number of nitrogens with one attached hydrogen (secondary N) is 1. The number of aryl methyl sites for hydroxylation is 1. The lowest BCUT2D eigenvalue weighted by molar-refractivity contribution is -0.143. The quantitative estimate of drug-likeness (QED) is 0.834. The summed E-state index contributed by atoms with van der Waals surface area (Å²) in [5.41, 5.74) is 2.09. The van der Waals surface area contributed by atoms with Crippen LogP contribution in [0.4, 0.5) is 0 Å². The van der Waals surface area contributed by atoms with Gasteiger partial charge in [-0.3, -0.25) is 14.4 Å². The number of likely N-dealkylation sites (tertiary alicyclic amines) is 1. The molecule has 1 aliphatic carbocycles. The van der Waals surface area contributed by atoms with E-state index >= 15 is 0 Å². The van der Waals surface area contributed by atoms with E-state index in [1.54, 1.807) is 4.90 Å². The average Bonchev–Trinajstić information content (AvgIpc) is 3.22. The second-order valence-electron chi connectivity index (χ2n) is 6.18. The van der Waals surface area contributed by atoms with Gasteiger partial charge in [0.1, 0.15) is 6.04 Å². The molecule has 5 heteroatoms. The third kappa shape index (κ3) is 3.18. The molecule has 1 saturated carbocycles. The van der Waals surface area contributed by atoms with Crippen LogP contribution in [0.15, 0.2) is 24.3 Å². The zero-order valence-electron chi connectivity index (χ0n) is 12.7. The molecule has 22 heavy (non-hydrogen) atoms. The van der Waals surface area contributed by atoms with E-state index in [4.69, 9.17) is 0 Å². The molecule has 1 unspecified atom stereocenters. The summed E-state index contributed by atoms with van der Waals surface area (Å²) in [5, 5.41) is 2.71. The largest absolute Gasteiger partial charge is 0.347 e. The van der Waals surface area contributed by atoms with Gasteiger partial charge < -0.3 is 10.2 Å². The van der Waals surface area contributed by atoms with Gasteiger partial charge in [0.05, 0.1) is 0 Å². The highest BCUT2D eigenvalue weighted by atomic mass is 16.2. The summed E-state index contributed by atoms with van der Waals surface area (Å²) in [6, 6.07) is 7.38.